The SMILES string of the molecule is Fn1c2ccccc2c2ccccc21.c1ccc(N(c2ccccc2)c2ccccc2)cc1. The molecule has 0 atom stereocenters. The van der Waals surface area contributed by atoms with Gasteiger partial charge in [-0.2, -0.15) is 4.79 Å². The van der Waals surface area contributed by atoms with Crippen LogP contribution in [-0.4, -0.2) is 4.79 Å². The molecule has 1 aromatic heterocycles. The molecule has 33 heavy (non-hydrogen) atoms. The molecule has 0 aliphatic heterocycles. The average Bonchev–Trinajstić information content (AvgIpc) is 3.19. The molecule has 1 heterocycles. The predicted molar refractivity (Wildman–Crippen MR) is 137 cm³/mol. The number of aromatic nitrogens is 1. The topological polar surface area (TPSA) is 8.17 Å². The Morgan fingerprint density at radius 3 is 1.06 bits per heavy atom. The van der Waals surface area contributed by atoms with Crippen LogP contribution in [0.5, 0.6) is 0 Å². The summed E-state index contributed by atoms with van der Waals surface area (Å²) in [6.07, 6.45) is 0. The van der Waals surface area contributed by atoms with Gasteiger partial charge in [0.1, 0.15) is 0 Å². The Morgan fingerprint density at radius 2 is 0.697 bits per heavy atom. The van der Waals surface area contributed by atoms with E-state index < -0.39 is 0 Å². The molecule has 0 unspecified atom stereocenters. The van der Waals surface area contributed by atoms with Gasteiger partial charge in [0.05, 0.1) is 11.0 Å². The van der Waals surface area contributed by atoms with E-state index in [0.29, 0.717) is 11.0 Å². The quantitative estimate of drug-likeness (QED) is 0.273. The maximum atomic E-state index is 13.7. The summed E-state index contributed by atoms with van der Waals surface area (Å²) >= 11 is 0. The lowest BCUT2D eigenvalue weighted by atomic mass is 10.2. The molecule has 2 nitrogen and oxygen atoms in total. The molecule has 0 N–H and O–H groups in total. The molecule has 0 aliphatic rings. The Hall–Kier alpha value is -4.37. The highest BCUT2D eigenvalue weighted by Crippen LogP contribution is 2.33. The summed E-state index contributed by atoms with van der Waals surface area (Å²) in [5.41, 5.74) is 4.77. The average molecular weight is 431 g/mol. The maximum absolute atomic E-state index is 13.7. The van der Waals surface area contributed by atoms with Crippen LogP contribution in [0.4, 0.5) is 21.5 Å². The molecule has 0 saturated heterocycles. The molecule has 5 aromatic carbocycles. The minimum absolute atomic E-state index is 0.633. The van der Waals surface area contributed by atoms with E-state index in [9.17, 15) is 4.48 Å². The van der Waals surface area contributed by atoms with E-state index >= 15 is 0 Å². The van der Waals surface area contributed by atoms with E-state index in [-0.39, 0.29) is 0 Å². The van der Waals surface area contributed by atoms with Crippen molar-refractivity contribution >= 4 is 38.9 Å². The lowest BCUT2D eigenvalue weighted by Crippen LogP contribution is -2.09. The molecule has 3 heteroatoms. The van der Waals surface area contributed by atoms with Gasteiger partial charge >= 0.3 is 0 Å². The lowest BCUT2D eigenvalue weighted by molar-refractivity contribution is 0.405. The highest BCUT2D eigenvalue weighted by atomic mass is 19.2. The highest BCUT2D eigenvalue weighted by molar-refractivity contribution is 6.07. The Bertz CT molecular complexity index is 1310. The van der Waals surface area contributed by atoms with Crippen LogP contribution in [0.25, 0.3) is 21.8 Å². The van der Waals surface area contributed by atoms with Crippen molar-refractivity contribution in [1.29, 1.82) is 0 Å². The number of fused-ring (bicyclic) bond motifs is 3. The number of nitrogens with zero attached hydrogens (tertiary/aromatic N) is 2. The van der Waals surface area contributed by atoms with Crippen molar-refractivity contribution in [2.75, 3.05) is 4.90 Å². The zero-order valence-corrected chi connectivity index (χ0v) is 18.1. The molecule has 0 aliphatic carbocycles. The van der Waals surface area contributed by atoms with E-state index in [1.54, 1.807) is 12.1 Å². The van der Waals surface area contributed by atoms with Crippen LogP contribution in [0.15, 0.2) is 140 Å². The molecule has 0 radical (unpaired) electrons. The monoisotopic (exact) mass is 430 g/mol. The lowest BCUT2D eigenvalue weighted by Gasteiger charge is -2.25. The number of halogens is 1. The first kappa shape index (κ1) is 20.5. The van der Waals surface area contributed by atoms with Gasteiger partial charge in [-0.15, -0.1) is 0 Å². The second-order valence-corrected chi connectivity index (χ2v) is 7.66. The fourth-order valence-electron chi connectivity index (χ4n) is 4.05. The third-order valence-electron chi connectivity index (χ3n) is 5.56. The third kappa shape index (κ3) is 4.21. The van der Waals surface area contributed by atoms with Gasteiger partial charge in [-0.25, -0.2) is 0 Å². The number of anilines is 3. The van der Waals surface area contributed by atoms with Crippen molar-refractivity contribution in [3.05, 3.63) is 140 Å². The Morgan fingerprint density at radius 1 is 0.394 bits per heavy atom. The molecule has 160 valence electrons. The second kappa shape index (κ2) is 9.41. The summed E-state index contributed by atoms with van der Waals surface area (Å²) in [6.45, 7) is 0. The van der Waals surface area contributed by atoms with Crippen LogP contribution in [0, 0.1) is 0 Å². The molecule has 0 fully saturated rings. The molecule has 0 saturated carbocycles. The van der Waals surface area contributed by atoms with Gasteiger partial charge in [0.15, 0.2) is 0 Å². The summed E-state index contributed by atoms with van der Waals surface area (Å²) < 4.78 is 13.7. The van der Waals surface area contributed by atoms with Gasteiger partial charge in [0.25, 0.3) is 0 Å². The van der Waals surface area contributed by atoms with E-state index in [1.165, 1.54) is 17.1 Å². The molecule has 0 bridgehead atoms. The molecule has 6 rings (SSSR count). The smallest absolute Gasteiger partial charge is 0.0826 e. The number of hydrogen-bond acceptors (Lipinski definition) is 1. The van der Waals surface area contributed by atoms with Crippen LogP contribution < -0.4 is 4.90 Å². The van der Waals surface area contributed by atoms with Crippen LogP contribution in [0.3, 0.4) is 0 Å². The van der Waals surface area contributed by atoms with Crippen molar-refractivity contribution in [2.24, 2.45) is 0 Å². The summed E-state index contributed by atoms with van der Waals surface area (Å²) in [4.78, 5) is 2.99. The van der Waals surface area contributed by atoms with Crippen LogP contribution in [0.1, 0.15) is 0 Å². The standard InChI is InChI=1S/C18H15N.C12H8FN/c1-4-10-16(11-5-1)19(17-12-6-2-7-13-17)18-14-8-3-9-15-18;13-14-11-7-3-1-5-9(11)10-6-2-4-8-12(10)14/h1-15H;1-8H. The third-order valence-corrected chi connectivity index (χ3v) is 5.56. The van der Waals surface area contributed by atoms with Crippen LogP contribution >= 0.6 is 0 Å². The van der Waals surface area contributed by atoms with E-state index in [1.807, 2.05) is 54.6 Å². The molecule has 6 aromatic rings. The first-order chi connectivity index (χ1) is 16.3. The Kier molecular flexibility index (Phi) is 5.85. The van der Waals surface area contributed by atoms with Gasteiger partial charge in [-0.05, 0) is 48.5 Å². The predicted octanol–water partition coefficient (Wildman–Crippen LogP) is 8.68. The van der Waals surface area contributed by atoms with Crippen molar-refractivity contribution in [3.8, 4) is 0 Å². The first-order valence-corrected chi connectivity index (χ1v) is 10.9. The van der Waals surface area contributed by atoms with Crippen molar-refractivity contribution in [3.63, 3.8) is 0 Å². The summed E-state index contributed by atoms with van der Waals surface area (Å²) in [6, 6.07) is 46.2. The van der Waals surface area contributed by atoms with E-state index in [2.05, 4.69) is 77.7 Å². The largest absolute Gasteiger partial charge is 0.311 e. The van der Waals surface area contributed by atoms with Crippen LogP contribution in [0.2, 0.25) is 0 Å². The van der Waals surface area contributed by atoms with Crippen molar-refractivity contribution in [1.82, 2.24) is 4.79 Å². The van der Waals surface area contributed by atoms with Gasteiger partial charge in [0, 0.05) is 27.8 Å². The number of benzene rings is 5. The number of hydrogen-bond donors (Lipinski definition) is 0. The summed E-state index contributed by atoms with van der Waals surface area (Å²) in [5.74, 6) is 0. The first-order valence-electron chi connectivity index (χ1n) is 10.9. The van der Waals surface area contributed by atoms with Gasteiger partial charge in [-0.3, -0.25) is 0 Å². The fraction of sp³-hybridized carbons (Fsp3) is 0. The molecule has 0 amide bonds. The number of rotatable bonds is 3. The Labute approximate surface area is 192 Å². The molecule has 0 spiro atoms. The van der Waals surface area contributed by atoms with Gasteiger partial charge < -0.3 is 4.90 Å². The zero-order chi connectivity index (χ0) is 22.5. The minimum atomic E-state index is 0.633. The van der Waals surface area contributed by atoms with Crippen molar-refractivity contribution < 1.29 is 4.48 Å². The number of para-hydroxylation sites is 5. The maximum Gasteiger partial charge on any atom is 0.0826 e. The Balaban J connectivity index is 0.000000144. The second-order valence-electron chi connectivity index (χ2n) is 7.66. The van der Waals surface area contributed by atoms with Gasteiger partial charge in [0.2, 0.25) is 0 Å². The normalized spacial score (nSPS) is 10.6. The molecular weight excluding hydrogens is 407 g/mol. The van der Waals surface area contributed by atoms with Crippen molar-refractivity contribution in [2.45, 2.75) is 0 Å². The highest BCUT2D eigenvalue weighted by Gasteiger charge is 2.10. The minimum Gasteiger partial charge on any atom is -0.311 e. The zero-order valence-electron chi connectivity index (χ0n) is 18.1. The summed E-state index contributed by atoms with van der Waals surface area (Å²) in [7, 11) is 0. The molecular formula is C30H23FN2. The van der Waals surface area contributed by atoms with E-state index in [4.69, 9.17) is 0 Å². The van der Waals surface area contributed by atoms with Crippen LogP contribution in [-0.2, 0) is 0 Å². The fourth-order valence-corrected chi connectivity index (χ4v) is 4.05. The van der Waals surface area contributed by atoms with Gasteiger partial charge in [-0.1, -0.05) is 95.5 Å². The van der Waals surface area contributed by atoms with E-state index in [0.717, 1.165) is 15.6 Å². The summed E-state index contributed by atoms with van der Waals surface area (Å²) in [5, 5.41) is 1.93.